The molecule has 0 spiro atoms. The first kappa shape index (κ1) is 19.9. The normalized spacial score (nSPS) is 16.7. The second-order valence-corrected chi connectivity index (χ2v) is 10.4. The molecule has 0 fully saturated rings. The summed E-state index contributed by atoms with van der Waals surface area (Å²) in [5, 5.41) is 5.50. The lowest BCUT2D eigenvalue weighted by atomic mass is 9.95. The van der Waals surface area contributed by atoms with Gasteiger partial charge in [-0.1, -0.05) is 48.5 Å². The van der Waals surface area contributed by atoms with Gasteiger partial charge >= 0.3 is 0 Å². The highest BCUT2D eigenvalue weighted by atomic mass is 32.2. The molecule has 31 heavy (non-hydrogen) atoms. The molecule has 156 valence electrons. The zero-order valence-corrected chi connectivity index (χ0v) is 18.1. The van der Waals surface area contributed by atoms with Crippen LogP contribution in [0.15, 0.2) is 82.5 Å². The number of sulfonamides is 1. The number of hydrogen-bond donors (Lipinski definition) is 1. The SMILES string of the molecule is O=C(Nc1cnc2ccccc2c1)[C@@H]1Cc2ccccc2CN1S(=O)(=O)c1cccs1. The average Bonchev–Trinajstić information content (AvgIpc) is 3.34. The number of rotatable bonds is 4. The van der Waals surface area contributed by atoms with Crippen molar-refractivity contribution in [3.05, 3.63) is 89.4 Å². The molecular weight excluding hydrogens is 430 g/mol. The van der Waals surface area contributed by atoms with E-state index in [9.17, 15) is 13.2 Å². The van der Waals surface area contributed by atoms with Crippen LogP contribution in [0.5, 0.6) is 0 Å². The highest BCUT2D eigenvalue weighted by Gasteiger charge is 2.40. The van der Waals surface area contributed by atoms with Gasteiger partial charge < -0.3 is 5.32 Å². The molecule has 1 atom stereocenters. The van der Waals surface area contributed by atoms with E-state index in [0.29, 0.717) is 12.1 Å². The van der Waals surface area contributed by atoms with Crippen LogP contribution >= 0.6 is 11.3 Å². The van der Waals surface area contributed by atoms with Crippen LogP contribution in [-0.2, 0) is 27.8 Å². The lowest BCUT2D eigenvalue weighted by Gasteiger charge is -2.34. The van der Waals surface area contributed by atoms with Crippen molar-refractivity contribution in [1.82, 2.24) is 9.29 Å². The van der Waals surface area contributed by atoms with E-state index < -0.39 is 16.1 Å². The van der Waals surface area contributed by atoms with E-state index in [1.54, 1.807) is 23.7 Å². The monoisotopic (exact) mass is 449 g/mol. The molecule has 0 saturated heterocycles. The number of pyridine rings is 1. The summed E-state index contributed by atoms with van der Waals surface area (Å²) in [5.41, 5.74) is 3.26. The van der Waals surface area contributed by atoms with Crippen molar-refractivity contribution in [2.75, 3.05) is 5.32 Å². The van der Waals surface area contributed by atoms with Gasteiger partial charge in [-0.05, 0) is 41.1 Å². The number of fused-ring (bicyclic) bond motifs is 2. The molecule has 6 nitrogen and oxygen atoms in total. The number of nitrogens with one attached hydrogen (secondary N) is 1. The van der Waals surface area contributed by atoms with Gasteiger partial charge in [0.25, 0.3) is 10.0 Å². The van der Waals surface area contributed by atoms with E-state index >= 15 is 0 Å². The number of carbonyl (C=O) groups is 1. The van der Waals surface area contributed by atoms with E-state index in [2.05, 4.69) is 10.3 Å². The first-order valence-corrected chi connectivity index (χ1v) is 12.1. The molecule has 0 unspecified atom stereocenters. The molecule has 1 amide bonds. The standard InChI is InChI=1S/C23H19N3O3S2/c27-23(25-19-12-17-7-3-4-9-20(17)24-14-19)21-13-16-6-1-2-8-18(16)15-26(21)31(28,29)22-10-5-11-30-22/h1-12,14,21H,13,15H2,(H,25,27)/t21-/m0/s1. The molecular formula is C23H19N3O3S2. The Labute approximate surface area is 184 Å². The number of carbonyl (C=O) groups excluding carboxylic acids is 1. The molecule has 3 heterocycles. The summed E-state index contributed by atoms with van der Waals surface area (Å²) < 4.78 is 28.2. The average molecular weight is 450 g/mol. The Bertz CT molecular complexity index is 1370. The maximum Gasteiger partial charge on any atom is 0.253 e. The third kappa shape index (κ3) is 3.74. The van der Waals surface area contributed by atoms with Crippen LogP contribution < -0.4 is 5.32 Å². The summed E-state index contributed by atoms with van der Waals surface area (Å²) in [7, 11) is -3.81. The Morgan fingerprint density at radius 3 is 2.61 bits per heavy atom. The topological polar surface area (TPSA) is 79.4 Å². The summed E-state index contributed by atoms with van der Waals surface area (Å²) in [4.78, 5) is 17.7. The van der Waals surface area contributed by atoms with E-state index in [1.807, 2.05) is 54.6 Å². The fourth-order valence-electron chi connectivity index (χ4n) is 3.87. The van der Waals surface area contributed by atoms with Crippen molar-refractivity contribution >= 4 is 43.9 Å². The number of nitrogens with zero attached hydrogens (tertiary/aromatic N) is 2. The van der Waals surface area contributed by atoms with Crippen molar-refractivity contribution in [3.8, 4) is 0 Å². The van der Waals surface area contributed by atoms with Crippen molar-refractivity contribution < 1.29 is 13.2 Å². The van der Waals surface area contributed by atoms with Gasteiger partial charge in [0.1, 0.15) is 10.3 Å². The lowest BCUT2D eigenvalue weighted by Crippen LogP contribution is -2.50. The Morgan fingerprint density at radius 2 is 1.81 bits per heavy atom. The zero-order chi connectivity index (χ0) is 21.4. The summed E-state index contributed by atoms with van der Waals surface area (Å²) in [6.45, 7) is 0.157. The first-order chi connectivity index (χ1) is 15.0. The maximum atomic E-state index is 13.3. The second kappa shape index (κ2) is 7.88. The van der Waals surface area contributed by atoms with Crippen molar-refractivity contribution in [3.63, 3.8) is 0 Å². The molecule has 0 bridgehead atoms. The third-order valence-electron chi connectivity index (χ3n) is 5.42. The first-order valence-electron chi connectivity index (χ1n) is 9.80. The molecule has 1 N–H and O–H groups in total. The van der Waals surface area contributed by atoms with Gasteiger partial charge in [-0.25, -0.2) is 8.42 Å². The molecule has 4 aromatic rings. The van der Waals surface area contributed by atoms with Crippen LogP contribution in [0, 0.1) is 0 Å². The summed E-state index contributed by atoms with van der Waals surface area (Å²) in [6, 6.07) is 19.5. The van der Waals surface area contributed by atoms with Crippen LogP contribution in [0.1, 0.15) is 11.1 Å². The zero-order valence-electron chi connectivity index (χ0n) is 16.4. The van der Waals surface area contributed by atoms with Gasteiger partial charge in [-0.3, -0.25) is 9.78 Å². The van der Waals surface area contributed by atoms with Crippen LogP contribution in [-0.4, -0.2) is 29.7 Å². The van der Waals surface area contributed by atoms with Gasteiger partial charge in [0.2, 0.25) is 5.91 Å². The van der Waals surface area contributed by atoms with E-state index in [0.717, 1.165) is 33.4 Å². The molecule has 1 aliphatic heterocycles. The minimum atomic E-state index is -3.81. The van der Waals surface area contributed by atoms with Gasteiger partial charge in [-0.15, -0.1) is 11.3 Å². The van der Waals surface area contributed by atoms with Gasteiger partial charge in [0.05, 0.1) is 17.4 Å². The van der Waals surface area contributed by atoms with E-state index in [-0.39, 0.29) is 16.7 Å². The van der Waals surface area contributed by atoms with Crippen molar-refractivity contribution in [1.29, 1.82) is 0 Å². The van der Waals surface area contributed by atoms with E-state index in [4.69, 9.17) is 0 Å². The fourth-order valence-corrected chi connectivity index (χ4v) is 6.55. The molecule has 0 radical (unpaired) electrons. The Hall–Kier alpha value is -3.07. The molecule has 8 heteroatoms. The predicted octanol–water partition coefficient (Wildman–Crippen LogP) is 4.05. The van der Waals surface area contributed by atoms with Gasteiger partial charge in [-0.2, -0.15) is 4.31 Å². The van der Waals surface area contributed by atoms with Crippen LogP contribution in [0.25, 0.3) is 10.9 Å². The van der Waals surface area contributed by atoms with Crippen molar-refractivity contribution in [2.45, 2.75) is 23.2 Å². The number of anilines is 1. The second-order valence-electron chi connectivity index (χ2n) is 7.38. The number of thiophene rings is 1. The van der Waals surface area contributed by atoms with Crippen LogP contribution in [0.4, 0.5) is 5.69 Å². The highest BCUT2D eigenvalue weighted by molar-refractivity contribution is 7.91. The Balaban J connectivity index is 1.50. The fraction of sp³-hybridized carbons (Fsp3) is 0.130. The molecule has 2 aromatic carbocycles. The largest absolute Gasteiger partial charge is 0.323 e. The molecule has 1 aliphatic rings. The van der Waals surface area contributed by atoms with Gasteiger partial charge in [0.15, 0.2) is 0 Å². The van der Waals surface area contributed by atoms with Gasteiger partial charge in [0, 0.05) is 11.9 Å². The minimum Gasteiger partial charge on any atom is -0.323 e. The van der Waals surface area contributed by atoms with Crippen LogP contribution in [0.3, 0.4) is 0 Å². The van der Waals surface area contributed by atoms with Crippen molar-refractivity contribution in [2.24, 2.45) is 0 Å². The third-order valence-corrected chi connectivity index (χ3v) is 8.65. The Morgan fingerprint density at radius 1 is 1.03 bits per heavy atom. The Kier molecular flexibility index (Phi) is 5.05. The highest BCUT2D eigenvalue weighted by Crippen LogP contribution is 2.31. The number of benzene rings is 2. The number of aromatic nitrogens is 1. The minimum absolute atomic E-state index is 0.157. The summed E-state index contributed by atoms with van der Waals surface area (Å²) in [5.74, 6) is -0.369. The summed E-state index contributed by atoms with van der Waals surface area (Å²) >= 11 is 1.15. The quantitative estimate of drug-likeness (QED) is 0.510. The number of amides is 1. The molecule has 0 aliphatic carbocycles. The maximum absolute atomic E-state index is 13.3. The predicted molar refractivity (Wildman–Crippen MR) is 121 cm³/mol. The molecule has 0 saturated carbocycles. The van der Waals surface area contributed by atoms with Crippen LogP contribution in [0.2, 0.25) is 0 Å². The van der Waals surface area contributed by atoms with E-state index in [1.165, 1.54) is 4.31 Å². The lowest BCUT2D eigenvalue weighted by molar-refractivity contribution is -0.120. The number of para-hydroxylation sites is 1. The molecule has 5 rings (SSSR count). The summed E-state index contributed by atoms with van der Waals surface area (Å²) in [6.07, 6.45) is 1.91. The number of hydrogen-bond acceptors (Lipinski definition) is 5. The molecule has 2 aromatic heterocycles. The smallest absolute Gasteiger partial charge is 0.253 e.